The SMILES string of the molecule is CN1CCN(CC2=CCC(NC(=O)Nc3ccc(-c4c(C(=O)NCC(F)(F)F)cn5ncnc(N)c45)cc3)C=C2C(F)(F)F)CC1. The third-order valence-electron chi connectivity index (χ3n) is 7.67. The zero-order valence-electron chi connectivity index (χ0n) is 24.5. The summed E-state index contributed by atoms with van der Waals surface area (Å²) in [5.74, 6) is -1.04. The Balaban J connectivity index is 1.28. The molecule has 1 atom stereocenters. The fourth-order valence-electron chi connectivity index (χ4n) is 5.36. The Morgan fingerprint density at radius 1 is 1.04 bits per heavy atom. The Labute approximate surface area is 259 Å². The number of rotatable bonds is 7. The van der Waals surface area contributed by atoms with Gasteiger partial charge in [-0.25, -0.2) is 14.3 Å². The van der Waals surface area contributed by atoms with Crippen molar-refractivity contribution in [2.24, 2.45) is 0 Å². The molecule has 246 valence electrons. The predicted molar refractivity (Wildman–Crippen MR) is 158 cm³/mol. The fourth-order valence-corrected chi connectivity index (χ4v) is 5.36. The van der Waals surface area contributed by atoms with Gasteiger partial charge in [0.05, 0.1) is 17.2 Å². The van der Waals surface area contributed by atoms with Crippen molar-refractivity contribution in [2.75, 3.05) is 57.4 Å². The number of hydrogen-bond donors (Lipinski definition) is 4. The van der Waals surface area contributed by atoms with Crippen LogP contribution in [-0.4, -0.2) is 101 Å². The molecule has 5 N–H and O–H groups in total. The minimum absolute atomic E-state index is 0.0269. The van der Waals surface area contributed by atoms with Gasteiger partial charge in [0.15, 0.2) is 5.82 Å². The van der Waals surface area contributed by atoms with E-state index >= 15 is 0 Å². The number of fused-ring (bicyclic) bond motifs is 1. The molecule has 1 saturated heterocycles. The molecule has 11 nitrogen and oxygen atoms in total. The minimum atomic E-state index is -4.63. The molecule has 1 aliphatic heterocycles. The summed E-state index contributed by atoms with van der Waals surface area (Å²) in [5, 5.41) is 10.9. The number of halogens is 6. The summed E-state index contributed by atoms with van der Waals surface area (Å²) in [6.07, 6.45) is -4.15. The van der Waals surface area contributed by atoms with Crippen molar-refractivity contribution in [1.82, 2.24) is 35.0 Å². The van der Waals surface area contributed by atoms with Crippen LogP contribution in [0.5, 0.6) is 0 Å². The van der Waals surface area contributed by atoms with Gasteiger partial charge in [0.25, 0.3) is 5.91 Å². The van der Waals surface area contributed by atoms with Gasteiger partial charge in [0.1, 0.15) is 18.4 Å². The van der Waals surface area contributed by atoms with Crippen LogP contribution < -0.4 is 21.7 Å². The summed E-state index contributed by atoms with van der Waals surface area (Å²) < 4.78 is 81.3. The highest BCUT2D eigenvalue weighted by atomic mass is 19.4. The molecule has 0 radical (unpaired) electrons. The molecule has 1 aliphatic carbocycles. The van der Waals surface area contributed by atoms with Crippen LogP contribution in [0.2, 0.25) is 0 Å². The molecule has 1 fully saturated rings. The van der Waals surface area contributed by atoms with E-state index in [1.807, 2.05) is 17.3 Å². The lowest BCUT2D eigenvalue weighted by Crippen LogP contribution is -2.46. The number of alkyl halides is 6. The van der Waals surface area contributed by atoms with Gasteiger partial charge in [-0.05, 0) is 42.8 Å². The van der Waals surface area contributed by atoms with Crippen molar-refractivity contribution in [3.63, 3.8) is 0 Å². The maximum Gasteiger partial charge on any atom is 0.416 e. The highest BCUT2D eigenvalue weighted by Gasteiger charge is 2.38. The van der Waals surface area contributed by atoms with Gasteiger partial charge in [-0.15, -0.1) is 0 Å². The Morgan fingerprint density at radius 2 is 1.74 bits per heavy atom. The number of urea groups is 1. The first kappa shape index (κ1) is 32.7. The molecule has 5 rings (SSSR count). The van der Waals surface area contributed by atoms with Gasteiger partial charge in [-0.1, -0.05) is 18.2 Å². The number of nitrogens with one attached hydrogen (secondary N) is 3. The molecule has 1 aromatic carbocycles. The van der Waals surface area contributed by atoms with E-state index in [-0.39, 0.29) is 46.7 Å². The van der Waals surface area contributed by atoms with Gasteiger partial charge in [0.2, 0.25) is 0 Å². The second-order valence-electron chi connectivity index (χ2n) is 11.1. The van der Waals surface area contributed by atoms with E-state index in [0.717, 1.165) is 25.5 Å². The molecule has 46 heavy (non-hydrogen) atoms. The average Bonchev–Trinajstić information content (AvgIpc) is 3.38. The molecule has 2 aliphatic rings. The summed E-state index contributed by atoms with van der Waals surface area (Å²) in [4.78, 5) is 33.5. The number of amides is 3. The maximum absolute atomic E-state index is 14.0. The summed E-state index contributed by atoms with van der Waals surface area (Å²) in [7, 11) is 1.96. The number of nitrogens with zero attached hydrogens (tertiary/aromatic N) is 5. The standard InChI is InChI=1S/C29H31F6N9O2/c1-42-8-10-43(11-9-42)13-18-4-7-20(12-22(18)29(33,34)35)41-27(46)40-19-5-2-17(3-6-19)23-21(26(45)37-15-28(30,31)32)14-44-24(23)25(36)38-16-39-44/h2-6,12,14,16,20H,7-11,13,15H2,1H3,(H,37,45)(H2,36,38,39)(H2,40,41,46). The largest absolute Gasteiger partial charge is 0.416 e. The summed E-state index contributed by atoms with van der Waals surface area (Å²) in [6.45, 7) is 1.49. The highest BCUT2D eigenvalue weighted by molar-refractivity contribution is 6.07. The van der Waals surface area contributed by atoms with Crippen LogP contribution in [0.15, 0.2) is 60.1 Å². The number of carbonyl (C=O) groups excluding carboxylic acids is 2. The van der Waals surface area contributed by atoms with E-state index in [9.17, 15) is 35.9 Å². The molecule has 2 aromatic heterocycles. The van der Waals surface area contributed by atoms with Gasteiger partial charge < -0.3 is 26.6 Å². The Kier molecular flexibility index (Phi) is 9.25. The third-order valence-corrected chi connectivity index (χ3v) is 7.67. The lowest BCUT2D eigenvalue weighted by Gasteiger charge is -2.34. The number of benzene rings is 1. The van der Waals surface area contributed by atoms with E-state index in [4.69, 9.17) is 5.73 Å². The minimum Gasteiger partial charge on any atom is -0.382 e. The normalized spacial score (nSPS) is 18.2. The number of nitrogens with two attached hydrogens (primary N) is 1. The first-order valence-electron chi connectivity index (χ1n) is 14.2. The molecule has 3 amide bonds. The number of piperazine rings is 1. The number of nitrogen functional groups attached to an aromatic ring is 1. The number of hydrogen-bond acceptors (Lipinski definition) is 7. The number of aromatic nitrogens is 3. The van der Waals surface area contributed by atoms with E-state index in [1.165, 1.54) is 41.1 Å². The van der Waals surface area contributed by atoms with Gasteiger partial charge in [-0.2, -0.15) is 31.4 Å². The Hall–Kier alpha value is -4.64. The van der Waals surface area contributed by atoms with Gasteiger partial charge in [0, 0.05) is 50.2 Å². The van der Waals surface area contributed by atoms with Crippen molar-refractivity contribution >= 4 is 29.0 Å². The van der Waals surface area contributed by atoms with Crippen molar-refractivity contribution in [3.8, 4) is 11.1 Å². The van der Waals surface area contributed by atoms with Crippen molar-refractivity contribution < 1.29 is 35.9 Å². The van der Waals surface area contributed by atoms with Crippen LogP contribution in [0.25, 0.3) is 16.6 Å². The smallest absolute Gasteiger partial charge is 0.382 e. The predicted octanol–water partition coefficient (Wildman–Crippen LogP) is 3.83. The zero-order valence-corrected chi connectivity index (χ0v) is 24.5. The van der Waals surface area contributed by atoms with E-state index < -0.39 is 42.5 Å². The molecule has 0 bridgehead atoms. The zero-order chi connectivity index (χ0) is 33.2. The summed E-state index contributed by atoms with van der Waals surface area (Å²) >= 11 is 0. The second-order valence-corrected chi connectivity index (χ2v) is 11.1. The van der Waals surface area contributed by atoms with Crippen LogP contribution in [0.3, 0.4) is 0 Å². The molecule has 0 spiro atoms. The van der Waals surface area contributed by atoms with Crippen molar-refractivity contribution in [3.05, 3.63) is 65.7 Å². The molecule has 1 unspecified atom stereocenters. The van der Waals surface area contributed by atoms with E-state index in [2.05, 4.69) is 25.6 Å². The maximum atomic E-state index is 14.0. The van der Waals surface area contributed by atoms with Crippen molar-refractivity contribution in [2.45, 2.75) is 24.8 Å². The van der Waals surface area contributed by atoms with Gasteiger partial charge >= 0.3 is 18.4 Å². The van der Waals surface area contributed by atoms with E-state index in [1.54, 1.807) is 0 Å². The quantitative estimate of drug-likeness (QED) is 0.286. The molecule has 3 aromatic rings. The van der Waals surface area contributed by atoms with Gasteiger partial charge in [-0.3, -0.25) is 9.69 Å². The molecular formula is C29H31F6N9O2. The van der Waals surface area contributed by atoms with Crippen molar-refractivity contribution in [1.29, 1.82) is 0 Å². The Bertz CT molecular complexity index is 1660. The molecule has 3 heterocycles. The molecule has 0 saturated carbocycles. The first-order valence-corrected chi connectivity index (χ1v) is 14.2. The fraction of sp³-hybridized carbons (Fsp3) is 0.379. The molecule has 17 heteroatoms. The number of carbonyl (C=O) groups is 2. The molecular weight excluding hydrogens is 620 g/mol. The topological polar surface area (TPSA) is 133 Å². The number of likely N-dealkylation sites (N-methyl/N-ethyl adjacent to an activating group) is 1. The monoisotopic (exact) mass is 651 g/mol. The lowest BCUT2D eigenvalue weighted by molar-refractivity contribution is -0.123. The average molecular weight is 652 g/mol. The first-order chi connectivity index (χ1) is 21.7. The third kappa shape index (κ3) is 7.77. The Morgan fingerprint density at radius 3 is 2.39 bits per heavy atom. The summed E-state index contributed by atoms with van der Waals surface area (Å²) in [6, 6.07) is 4.26. The van der Waals surface area contributed by atoms with Crippen LogP contribution in [-0.2, 0) is 0 Å². The van der Waals surface area contributed by atoms with Crippen LogP contribution in [0.4, 0.5) is 42.6 Å². The summed E-state index contributed by atoms with van der Waals surface area (Å²) in [5.41, 5.74) is 6.24. The van der Waals surface area contributed by atoms with Crippen LogP contribution in [0.1, 0.15) is 16.8 Å². The highest BCUT2D eigenvalue weighted by Crippen LogP contribution is 2.36. The van der Waals surface area contributed by atoms with Crippen LogP contribution >= 0.6 is 0 Å². The second kappa shape index (κ2) is 13.0. The van der Waals surface area contributed by atoms with Crippen LogP contribution in [0, 0.1) is 0 Å². The lowest BCUT2D eigenvalue weighted by atomic mass is 9.93. The van der Waals surface area contributed by atoms with E-state index in [0.29, 0.717) is 18.7 Å². The number of anilines is 2.